The van der Waals surface area contributed by atoms with Crippen molar-refractivity contribution in [3.05, 3.63) is 90.1 Å². The zero-order valence-corrected chi connectivity index (χ0v) is 17.0. The fraction of sp³-hybridized carbons (Fsp3) is 0.167. The number of rotatable bonds is 6. The first-order valence-corrected chi connectivity index (χ1v) is 9.79. The molecule has 0 aliphatic heterocycles. The number of nitrogens with zero attached hydrogens (tertiary/aromatic N) is 4. The van der Waals surface area contributed by atoms with Crippen molar-refractivity contribution in [2.24, 2.45) is 7.05 Å². The molecular weight excluding hydrogens is 374 g/mol. The van der Waals surface area contributed by atoms with E-state index < -0.39 is 0 Å². The minimum Gasteiger partial charge on any atom is -0.352 e. The third-order valence-corrected chi connectivity index (χ3v) is 4.92. The molecule has 0 saturated heterocycles. The van der Waals surface area contributed by atoms with Gasteiger partial charge in [-0.1, -0.05) is 24.3 Å². The minimum absolute atomic E-state index is 0.0284. The summed E-state index contributed by atoms with van der Waals surface area (Å²) < 4.78 is 1.83. The van der Waals surface area contributed by atoms with Crippen LogP contribution >= 0.6 is 0 Å². The average molecular weight is 397 g/mol. The Hall–Kier alpha value is -3.80. The maximum Gasteiger partial charge on any atom is 0.224 e. The number of amides is 1. The molecule has 0 atom stereocenters. The lowest BCUT2D eigenvalue weighted by Crippen LogP contribution is -2.24. The summed E-state index contributed by atoms with van der Waals surface area (Å²) in [6.07, 6.45) is 9.42. The normalized spacial score (nSPS) is 10.7. The van der Waals surface area contributed by atoms with E-state index in [4.69, 9.17) is 5.10 Å². The van der Waals surface area contributed by atoms with Gasteiger partial charge in [0.25, 0.3) is 0 Å². The Labute approximate surface area is 175 Å². The van der Waals surface area contributed by atoms with Gasteiger partial charge in [0.1, 0.15) is 5.69 Å². The number of aryl methyl sites for hydroxylation is 2. The number of carbonyl (C=O) groups excluding carboxylic acids is 1. The molecule has 3 heterocycles. The molecule has 0 aliphatic rings. The Morgan fingerprint density at radius 2 is 1.83 bits per heavy atom. The molecule has 0 radical (unpaired) electrons. The van der Waals surface area contributed by atoms with Gasteiger partial charge in [-0.25, -0.2) is 0 Å². The average Bonchev–Trinajstić information content (AvgIpc) is 3.15. The zero-order valence-electron chi connectivity index (χ0n) is 17.0. The molecule has 0 saturated carbocycles. The van der Waals surface area contributed by atoms with E-state index in [0.717, 1.165) is 39.1 Å². The number of carbonyl (C=O) groups is 1. The highest BCUT2D eigenvalue weighted by Gasteiger charge is 2.14. The van der Waals surface area contributed by atoms with Crippen LogP contribution in [0.4, 0.5) is 0 Å². The Bertz CT molecular complexity index is 1170. The van der Waals surface area contributed by atoms with Crippen LogP contribution in [0.5, 0.6) is 0 Å². The van der Waals surface area contributed by atoms with Crippen molar-refractivity contribution in [1.29, 1.82) is 0 Å². The maximum atomic E-state index is 12.3. The lowest BCUT2D eigenvalue weighted by Gasteiger charge is -2.09. The third kappa shape index (κ3) is 4.43. The van der Waals surface area contributed by atoms with Gasteiger partial charge in [-0.15, -0.1) is 0 Å². The van der Waals surface area contributed by atoms with Crippen molar-refractivity contribution in [3.8, 4) is 22.4 Å². The summed E-state index contributed by atoms with van der Waals surface area (Å²) >= 11 is 0. The highest BCUT2D eigenvalue weighted by molar-refractivity contribution is 5.82. The monoisotopic (exact) mass is 397 g/mol. The predicted molar refractivity (Wildman–Crippen MR) is 116 cm³/mol. The minimum atomic E-state index is -0.0284. The smallest absolute Gasteiger partial charge is 0.224 e. The first kappa shape index (κ1) is 19.5. The van der Waals surface area contributed by atoms with Crippen molar-refractivity contribution in [1.82, 2.24) is 25.1 Å². The first-order chi connectivity index (χ1) is 14.6. The molecule has 4 rings (SSSR count). The number of pyridine rings is 2. The molecule has 4 aromatic rings. The molecule has 6 nitrogen and oxygen atoms in total. The lowest BCUT2D eigenvalue weighted by molar-refractivity contribution is -0.120. The van der Waals surface area contributed by atoms with Crippen LogP contribution in [-0.2, 0) is 24.8 Å². The van der Waals surface area contributed by atoms with Crippen molar-refractivity contribution >= 4 is 5.91 Å². The summed E-state index contributed by atoms with van der Waals surface area (Å²) in [5, 5.41) is 7.68. The first-order valence-electron chi connectivity index (χ1n) is 9.79. The summed E-state index contributed by atoms with van der Waals surface area (Å²) in [6, 6.07) is 13.9. The summed E-state index contributed by atoms with van der Waals surface area (Å²) in [7, 11) is 1.92. The molecule has 0 unspecified atom stereocenters. The molecule has 1 N–H and O–H groups in total. The van der Waals surface area contributed by atoms with E-state index in [1.54, 1.807) is 18.6 Å². The van der Waals surface area contributed by atoms with Gasteiger partial charge in [0.15, 0.2) is 0 Å². The van der Waals surface area contributed by atoms with Crippen LogP contribution in [0.3, 0.4) is 0 Å². The Kier molecular flexibility index (Phi) is 5.66. The van der Waals surface area contributed by atoms with Crippen LogP contribution in [0.25, 0.3) is 22.4 Å². The summed E-state index contributed by atoms with van der Waals surface area (Å²) in [5.41, 5.74) is 7.13. The van der Waals surface area contributed by atoms with Crippen molar-refractivity contribution in [2.45, 2.75) is 19.9 Å². The fourth-order valence-electron chi connectivity index (χ4n) is 3.45. The summed E-state index contributed by atoms with van der Waals surface area (Å²) in [4.78, 5) is 20.5. The number of benzene rings is 1. The number of hydrogen-bond donors (Lipinski definition) is 1. The molecule has 3 aromatic heterocycles. The van der Waals surface area contributed by atoms with Gasteiger partial charge < -0.3 is 5.32 Å². The molecule has 1 aromatic carbocycles. The second-order valence-corrected chi connectivity index (χ2v) is 7.27. The van der Waals surface area contributed by atoms with Gasteiger partial charge in [0.2, 0.25) is 5.91 Å². The van der Waals surface area contributed by atoms with Gasteiger partial charge in [-0.2, -0.15) is 5.10 Å². The molecule has 6 heteroatoms. The van der Waals surface area contributed by atoms with E-state index in [0.29, 0.717) is 13.0 Å². The fourth-order valence-corrected chi connectivity index (χ4v) is 3.45. The van der Waals surface area contributed by atoms with Gasteiger partial charge >= 0.3 is 0 Å². The van der Waals surface area contributed by atoms with Crippen molar-refractivity contribution in [2.75, 3.05) is 0 Å². The SMILES string of the molecule is Cc1cnccc1-c1cn(C)nc1-c1cccc(CNC(=O)Cc2cccnc2)c1. The van der Waals surface area contributed by atoms with Crippen LogP contribution < -0.4 is 5.32 Å². The highest BCUT2D eigenvalue weighted by atomic mass is 16.1. The Morgan fingerprint density at radius 1 is 1.00 bits per heavy atom. The van der Waals surface area contributed by atoms with Crippen molar-refractivity contribution < 1.29 is 4.79 Å². The van der Waals surface area contributed by atoms with Crippen LogP contribution in [0, 0.1) is 6.92 Å². The highest BCUT2D eigenvalue weighted by Crippen LogP contribution is 2.32. The predicted octanol–water partition coefficient (Wildman–Crippen LogP) is 3.71. The standard InChI is InChI=1S/C24H23N5O/c1-17-13-26-10-8-21(17)22-16-29(2)28-24(22)20-7-3-5-18(11-20)15-27-23(30)12-19-6-4-9-25-14-19/h3-11,13-14,16H,12,15H2,1-2H3,(H,27,30). The molecule has 30 heavy (non-hydrogen) atoms. The van der Waals surface area contributed by atoms with Gasteiger partial charge in [-0.05, 0) is 47.4 Å². The van der Waals surface area contributed by atoms with Crippen LogP contribution in [-0.4, -0.2) is 25.7 Å². The van der Waals surface area contributed by atoms with E-state index in [-0.39, 0.29) is 5.91 Å². The quantitative estimate of drug-likeness (QED) is 0.538. The van der Waals surface area contributed by atoms with Crippen LogP contribution in [0.15, 0.2) is 73.4 Å². The molecule has 0 aliphatic carbocycles. The molecule has 150 valence electrons. The molecule has 0 spiro atoms. The molecule has 0 fully saturated rings. The second-order valence-electron chi connectivity index (χ2n) is 7.27. The van der Waals surface area contributed by atoms with Gasteiger partial charge in [0.05, 0.1) is 6.42 Å². The van der Waals surface area contributed by atoms with Gasteiger partial charge in [0, 0.05) is 55.7 Å². The largest absolute Gasteiger partial charge is 0.352 e. The van der Waals surface area contributed by atoms with E-state index in [9.17, 15) is 4.79 Å². The van der Waals surface area contributed by atoms with Gasteiger partial charge in [-0.3, -0.25) is 19.4 Å². The number of nitrogens with one attached hydrogen (secondary N) is 1. The molecular formula is C24H23N5O. The zero-order chi connectivity index (χ0) is 20.9. The Balaban J connectivity index is 1.53. The van der Waals surface area contributed by atoms with E-state index in [1.165, 1.54) is 0 Å². The Morgan fingerprint density at radius 3 is 2.63 bits per heavy atom. The number of aromatic nitrogens is 4. The number of hydrogen-bond acceptors (Lipinski definition) is 4. The summed E-state index contributed by atoms with van der Waals surface area (Å²) in [6.45, 7) is 2.51. The van der Waals surface area contributed by atoms with Crippen LogP contribution in [0.2, 0.25) is 0 Å². The molecule has 0 bridgehead atoms. The summed E-state index contributed by atoms with van der Waals surface area (Å²) in [5.74, 6) is -0.0284. The molecule has 1 amide bonds. The van der Waals surface area contributed by atoms with Crippen molar-refractivity contribution in [3.63, 3.8) is 0 Å². The van der Waals surface area contributed by atoms with Crippen LogP contribution in [0.1, 0.15) is 16.7 Å². The topological polar surface area (TPSA) is 72.7 Å². The van der Waals surface area contributed by atoms with E-state index >= 15 is 0 Å². The second kappa shape index (κ2) is 8.69. The third-order valence-electron chi connectivity index (χ3n) is 4.92. The van der Waals surface area contributed by atoms with E-state index in [1.807, 2.05) is 67.4 Å². The van der Waals surface area contributed by atoms with E-state index in [2.05, 4.69) is 21.4 Å². The lowest BCUT2D eigenvalue weighted by atomic mass is 9.98. The maximum absolute atomic E-state index is 12.3.